The van der Waals surface area contributed by atoms with Crippen LogP contribution in [-0.2, 0) is 11.3 Å². The van der Waals surface area contributed by atoms with E-state index in [0.717, 1.165) is 38.5 Å². The summed E-state index contributed by atoms with van der Waals surface area (Å²) < 4.78 is 14.9. The number of benzene rings is 3. The van der Waals surface area contributed by atoms with Gasteiger partial charge in [0.1, 0.15) is 12.4 Å². The van der Waals surface area contributed by atoms with E-state index in [2.05, 4.69) is 26.6 Å². The van der Waals surface area contributed by atoms with Gasteiger partial charge >= 0.3 is 0 Å². The number of hydrogen-bond donors (Lipinski definition) is 0. The molecule has 1 atom stereocenters. The third kappa shape index (κ3) is 4.40. The zero-order valence-electron chi connectivity index (χ0n) is 19.0. The first-order chi connectivity index (χ1) is 16.7. The number of anilines is 1. The fourth-order valence-corrected chi connectivity index (χ4v) is 5.01. The molecule has 0 saturated carbocycles. The number of rotatable bonds is 8. The Kier molecular flexibility index (Phi) is 6.54. The minimum Gasteiger partial charge on any atom is -0.490 e. The van der Waals surface area contributed by atoms with E-state index in [9.17, 15) is 4.79 Å². The van der Waals surface area contributed by atoms with Crippen LogP contribution in [0, 0.1) is 0 Å². The van der Waals surface area contributed by atoms with Crippen molar-refractivity contribution in [2.75, 3.05) is 24.7 Å². The molecule has 1 aliphatic heterocycles. The molecule has 2 heterocycles. The van der Waals surface area contributed by atoms with Crippen molar-refractivity contribution >= 4 is 38.6 Å². The molecular weight excluding hydrogens is 494 g/mol. The highest BCUT2D eigenvalue weighted by Gasteiger charge is 2.35. The van der Waals surface area contributed by atoms with Gasteiger partial charge in [-0.25, -0.2) is 4.98 Å². The fraction of sp³-hybridized carbons (Fsp3) is 0.259. The molecule has 174 valence electrons. The SMILES string of the molecule is CCOc1ccccc1OCCn1c(C2CC(=O)N(c3ccccc3Br)C2)nc2ccccc21. The van der Waals surface area contributed by atoms with Gasteiger partial charge in [-0.15, -0.1) is 0 Å². The van der Waals surface area contributed by atoms with E-state index in [-0.39, 0.29) is 11.8 Å². The Balaban J connectivity index is 1.40. The summed E-state index contributed by atoms with van der Waals surface area (Å²) in [6.07, 6.45) is 0.429. The summed E-state index contributed by atoms with van der Waals surface area (Å²) in [6, 6.07) is 23.6. The number of carbonyl (C=O) groups excluding carboxylic acids is 1. The molecule has 7 heteroatoms. The van der Waals surface area contributed by atoms with E-state index in [1.54, 1.807) is 0 Å². The molecule has 0 spiro atoms. The molecule has 1 aliphatic rings. The third-order valence-corrected chi connectivity index (χ3v) is 6.71. The van der Waals surface area contributed by atoms with Gasteiger partial charge in [0.15, 0.2) is 11.5 Å². The van der Waals surface area contributed by atoms with Crippen LogP contribution in [0.5, 0.6) is 11.5 Å². The molecule has 0 bridgehead atoms. The van der Waals surface area contributed by atoms with Crippen LogP contribution in [0.3, 0.4) is 0 Å². The highest BCUT2D eigenvalue weighted by Crippen LogP contribution is 2.36. The standard InChI is InChI=1S/C27H26BrN3O3/c1-2-33-24-13-7-8-14-25(24)34-16-15-30-23-12-6-4-10-21(23)29-27(30)19-17-26(32)31(18-19)22-11-5-3-9-20(22)28/h3-14,19H,2,15-18H2,1H3. The molecule has 1 saturated heterocycles. The van der Waals surface area contributed by atoms with Crippen LogP contribution in [0.2, 0.25) is 0 Å². The Morgan fingerprint density at radius 2 is 1.68 bits per heavy atom. The summed E-state index contributed by atoms with van der Waals surface area (Å²) in [4.78, 5) is 19.8. The quantitative estimate of drug-likeness (QED) is 0.295. The predicted molar refractivity (Wildman–Crippen MR) is 137 cm³/mol. The molecule has 34 heavy (non-hydrogen) atoms. The van der Waals surface area contributed by atoms with Gasteiger partial charge in [0.05, 0.1) is 29.9 Å². The van der Waals surface area contributed by atoms with E-state index in [1.807, 2.05) is 78.6 Å². The number of para-hydroxylation sites is 5. The Morgan fingerprint density at radius 1 is 0.971 bits per heavy atom. The van der Waals surface area contributed by atoms with Crippen LogP contribution < -0.4 is 14.4 Å². The lowest BCUT2D eigenvalue weighted by Crippen LogP contribution is -2.25. The molecule has 3 aromatic carbocycles. The molecule has 5 rings (SSSR count). The number of fused-ring (bicyclic) bond motifs is 1. The number of aromatic nitrogens is 2. The second kappa shape index (κ2) is 9.89. The molecule has 1 aromatic heterocycles. The molecule has 1 amide bonds. The van der Waals surface area contributed by atoms with Crippen molar-refractivity contribution in [2.24, 2.45) is 0 Å². The van der Waals surface area contributed by atoms with E-state index < -0.39 is 0 Å². The van der Waals surface area contributed by atoms with Crippen LogP contribution in [0.4, 0.5) is 5.69 Å². The lowest BCUT2D eigenvalue weighted by Gasteiger charge is -2.19. The van der Waals surface area contributed by atoms with Crippen molar-refractivity contribution < 1.29 is 14.3 Å². The molecule has 1 unspecified atom stereocenters. The van der Waals surface area contributed by atoms with E-state index in [0.29, 0.717) is 32.7 Å². The van der Waals surface area contributed by atoms with Gasteiger partial charge in [-0.1, -0.05) is 36.4 Å². The van der Waals surface area contributed by atoms with Crippen LogP contribution in [0.25, 0.3) is 11.0 Å². The van der Waals surface area contributed by atoms with Gasteiger partial charge in [-0.05, 0) is 59.3 Å². The van der Waals surface area contributed by atoms with E-state index in [1.165, 1.54) is 0 Å². The van der Waals surface area contributed by atoms with Crippen molar-refractivity contribution in [2.45, 2.75) is 25.8 Å². The molecule has 0 aliphatic carbocycles. The largest absolute Gasteiger partial charge is 0.490 e. The summed E-state index contributed by atoms with van der Waals surface area (Å²) in [5.41, 5.74) is 2.87. The minimum atomic E-state index is 0.00252. The molecule has 6 nitrogen and oxygen atoms in total. The summed E-state index contributed by atoms with van der Waals surface area (Å²) in [5, 5.41) is 0. The Hall–Kier alpha value is -3.32. The molecule has 4 aromatic rings. The Bertz CT molecular complexity index is 1320. The average Bonchev–Trinajstić information content (AvgIpc) is 3.41. The summed E-state index contributed by atoms with van der Waals surface area (Å²) in [7, 11) is 0. The van der Waals surface area contributed by atoms with Crippen molar-refractivity contribution in [1.29, 1.82) is 0 Å². The maximum atomic E-state index is 13.0. The van der Waals surface area contributed by atoms with Gasteiger partial charge in [0, 0.05) is 23.4 Å². The number of ether oxygens (including phenoxy) is 2. The topological polar surface area (TPSA) is 56.6 Å². The molecular formula is C27H26BrN3O3. The zero-order chi connectivity index (χ0) is 23.5. The predicted octanol–water partition coefficient (Wildman–Crippen LogP) is 5.80. The van der Waals surface area contributed by atoms with Crippen molar-refractivity contribution in [3.63, 3.8) is 0 Å². The second-order valence-corrected chi connectivity index (χ2v) is 9.05. The summed E-state index contributed by atoms with van der Waals surface area (Å²) >= 11 is 3.58. The molecule has 0 N–H and O–H groups in total. The van der Waals surface area contributed by atoms with Gasteiger partial charge in [0.25, 0.3) is 0 Å². The maximum absolute atomic E-state index is 13.0. The fourth-order valence-electron chi connectivity index (χ4n) is 4.52. The number of carbonyl (C=O) groups is 1. The second-order valence-electron chi connectivity index (χ2n) is 8.20. The number of amides is 1. The first-order valence-electron chi connectivity index (χ1n) is 11.5. The molecule has 1 fully saturated rings. The lowest BCUT2D eigenvalue weighted by atomic mass is 10.1. The van der Waals surface area contributed by atoms with E-state index in [4.69, 9.17) is 14.5 Å². The number of hydrogen-bond acceptors (Lipinski definition) is 4. The van der Waals surface area contributed by atoms with Crippen LogP contribution in [-0.4, -0.2) is 35.2 Å². The Morgan fingerprint density at radius 3 is 2.47 bits per heavy atom. The van der Waals surface area contributed by atoms with Crippen molar-refractivity contribution in [3.05, 3.63) is 83.1 Å². The monoisotopic (exact) mass is 519 g/mol. The summed E-state index contributed by atoms with van der Waals surface area (Å²) in [5.74, 6) is 2.50. The van der Waals surface area contributed by atoms with Gasteiger partial charge < -0.3 is 18.9 Å². The van der Waals surface area contributed by atoms with Gasteiger partial charge in [0.2, 0.25) is 5.91 Å². The Labute approximate surface area is 207 Å². The highest BCUT2D eigenvalue weighted by atomic mass is 79.9. The van der Waals surface area contributed by atoms with Crippen LogP contribution in [0.1, 0.15) is 25.1 Å². The van der Waals surface area contributed by atoms with E-state index >= 15 is 0 Å². The lowest BCUT2D eigenvalue weighted by molar-refractivity contribution is -0.117. The van der Waals surface area contributed by atoms with Crippen LogP contribution in [0.15, 0.2) is 77.3 Å². The molecule has 0 radical (unpaired) electrons. The summed E-state index contributed by atoms with van der Waals surface area (Å²) in [6.45, 7) is 4.22. The van der Waals surface area contributed by atoms with Crippen molar-refractivity contribution in [3.8, 4) is 11.5 Å². The smallest absolute Gasteiger partial charge is 0.227 e. The number of halogens is 1. The minimum absolute atomic E-state index is 0.00252. The van der Waals surface area contributed by atoms with Gasteiger partial charge in [-0.2, -0.15) is 0 Å². The highest BCUT2D eigenvalue weighted by molar-refractivity contribution is 9.10. The zero-order valence-corrected chi connectivity index (χ0v) is 20.6. The number of imidazole rings is 1. The normalized spacial score (nSPS) is 15.8. The van der Waals surface area contributed by atoms with Gasteiger partial charge in [-0.3, -0.25) is 4.79 Å². The average molecular weight is 520 g/mol. The number of nitrogens with zero attached hydrogens (tertiary/aromatic N) is 3. The van der Waals surface area contributed by atoms with Crippen LogP contribution >= 0.6 is 15.9 Å². The maximum Gasteiger partial charge on any atom is 0.227 e. The first-order valence-corrected chi connectivity index (χ1v) is 12.3. The third-order valence-electron chi connectivity index (χ3n) is 6.04. The first kappa shape index (κ1) is 22.5. The van der Waals surface area contributed by atoms with Crippen molar-refractivity contribution in [1.82, 2.24) is 9.55 Å².